The van der Waals surface area contributed by atoms with Crippen LogP contribution in [0.2, 0.25) is 0 Å². The predicted octanol–water partition coefficient (Wildman–Crippen LogP) is 2.06. The number of nitrogens with one attached hydrogen (secondary N) is 1. The van der Waals surface area contributed by atoms with Crippen molar-refractivity contribution in [2.75, 3.05) is 13.2 Å². The minimum absolute atomic E-state index is 0.0110. The molecule has 0 aliphatic carbocycles. The summed E-state index contributed by atoms with van der Waals surface area (Å²) in [6, 6.07) is 4.78. The molecular weight excluding hydrogens is 272 g/mol. The monoisotopic (exact) mass is 288 g/mol. The molecule has 110 valence electrons. The molecule has 0 bridgehead atoms. The number of rotatable bonds is 4. The van der Waals surface area contributed by atoms with Gasteiger partial charge in [0.15, 0.2) is 0 Å². The Morgan fingerprint density at radius 3 is 3.05 bits per heavy atom. The van der Waals surface area contributed by atoms with E-state index in [1.165, 1.54) is 31.2 Å². The largest absolute Gasteiger partial charge is 0.475 e. The lowest BCUT2D eigenvalue weighted by atomic mass is 10.1. The molecule has 0 amide bonds. The Morgan fingerprint density at radius 2 is 2.29 bits per heavy atom. The molecule has 3 rings (SSSR count). The molecule has 0 unspecified atom stereocenters. The molecule has 1 N–H and O–H groups in total. The Kier molecular flexibility index (Phi) is 3.92. The van der Waals surface area contributed by atoms with Crippen LogP contribution in [-0.2, 0) is 0 Å². The number of non-ortho nitro benzene ring substituents is 1. The highest BCUT2D eigenvalue weighted by Gasteiger charge is 2.14. The second-order valence-electron chi connectivity index (χ2n) is 5.10. The van der Waals surface area contributed by atoms with Gasteiger partial charge in [0.05, 0.1) is 22.2 Å². The number of aromatic nitrogens is 2. The number of nitro benzene ring substituents is 1. The van der Waals surface area contributed by atoms with Crippen LogP contribution in [0.4, 0.5) is 5.69 Å². The zero-order chi connectivity index (χ0) is 14.7. The maximum absolute atomic E-state index is 10.7. The SMILES string of the molecule is O=[N+]([O-])c1ccc2nc(OC[C@H]3CCCCN3)cnc2c1. The van der Waals surface area contributed by atoms with Crippen LogP contribution in [0.15, 0.2) is 24.4 Å². The molecule has 1 aliphatic rings. The summed E-state index contributed by atoms with van der Waals surface area (Å²) in [5.41, 5.74) is 1.10. The minimum atomic E-state index is -0.444. The number of ether oxygens (including phenoxy) is 1. The summed E-state index contributed by atoms with van der Waals surface area (Å²) in [5.74, 6) is 0.448. The van der Waals surface area contributed by atoms with E-state index in [1.54, 1.807) is 6.07 Å². The Balaban J connectivity index is 1.71. The summed E-state index contributed by atoms with van der Waals surface area (Å²) in [5, 5.41) is 14.1. The van der Waals surface area contributed by atoms with Crippen molar-refractivity contribution in [2.45, 2.75) is 25.3 Å². The number of hydrogen-bond acceptors (Lipinski definition) is 6. The van der Waals surface area contributed by atoms with Crippen LogP contribution in [0.3, 0.4) is 0 Å². The minimum Gasteiger partial charge on any atom is -0.475 e. The quantitative estimate of drug-likeness (QED) is 0.684. The topological polar surface area (TPSA) is 90.2 Å². The summed E-state index contributed by atoms with van der Waals surface area (Å²) >= 11 is 0. The molecule has 1 aromatic heterocycles. The first-order chi connectivity index (χ1) is 10.2. The van der Waals surface area contributed by atoms with Gasteiger partial charge in [-0.2, -0.15) is 0 Å². The van der Waals surface area contributed by atoms with E-state index >= 15 is 0 Å². The van der Waals surface area contributed by atoms with E-state index in [4.69, 9.17) is 4.74 Å². The number of nitro groups is 1. The van der Waals surface area contributed by atoms with E-state index in [0.717, 1.165) is 13.0 Å². The van der Waals surface area contributed by atoms with Gasteiger partial charge in [0.2, 0.25) is 5.88 Å². The van der Waals surface area contributed by atoms with Crippen molar-refractivity contribution in [3.05, 3.63) is 34.5 Å². The van der Waals surface area contributed by atoms with Crippen LogP contribution in [0, 0.1) is 10.1 Å². The fraction of sp³-hybridized carbons (Fsp3) is 0.429. The van der Waals surface area contributed by atoms with Crippen LogP contribution in [0.25, 0.3) is 11.0 Å². The molecule has 1 aliphatic heterocycles. The Labute approximate surface area is 121 Å². The average Bonchev–Trinajstić information content (AvgIpc) is 2.53. The maximum atomic E-state index is 10.7. The molecular formula is C14H16N4O3. The van der Waals surface area contributed by atoms with Crippen molar-refractivity contribution in [1.82, 2.24) is 15.3 Å². The lowest BCUT2D eigenvalue weighted by Gasteiger charge is -2.23. The Bertz CT molecular complexity index is 656. The molecule has 7 nitrogen and oxygen atoms in total. The van der Waals surface area contributed by atoms with Gasteiger partial charge in [-0.1, -0.05) is 6.42 Å². The van der Waals surface area contributed by atoms with Gasteiger partial charge in [-0.3, -0.25) is 10.1 Å². The molecule has 0 saturated carbocycles. The van der Waals surface area contributed by atoms with E-state index in [1.807, 2.05) is 0 Å². The summed E-state index contributed by atoms with van der Waals surface area (Å²) in [7, 11) is 0. The molecule has 0 radical (unpaired) electrons. The van der Waals surface area contributed by atoms with Gasteiger partial charge in [0, 0.05) is 18.2 Å². The number of hydrogen-bond donors (Lipinski definition) is 1. The van der Waals surface area contributed by atoms with Gasteiger partial charge >= 0.3 is 0 Å². The summed E-state index contributed by atoms with van der Waals surface area (Å²) in [6.07, 6.45) is 5.04. The summed E-state index contributed by atoms with van der Waals surface area (Å²) in [4.78, 5) is 18.8. The van der Waals surface area contributed by atoms with Crippen molar-refractivity contribution < 1.29 is 9.66 Å². The van der Waals surface area contributed by atoms with Crippen molar-refractivity contribution in [3.8, 4) is 5.88 Å². The van der Waals surface area contributed by atoms with E-state index in [9.17, 15) is 10.1 Å². The maximum Gasteiger partial charge on any atom is 0.271 e. The number of benzene rings is 1. The Hall–Kier alpha value is -2.28. The van der Waals surface area contributed by atoms with E-state index in [2.05, 4.69) is 15.3 Å². The standard InChI is InChI=1S/C14H16N4O3/c19-18(20)11-4-5-12-13(7-11)16-8-14(17-12)21-9-10-3-1-2-6-15-10/h4-5,7-8,10,15H,1-3,6,9H2/t10-/m1/s1. The molecule has 2 heterocycles. The molecule has 2 aromatic rings. The zero-order valence-electron chi connectivity index (χ0n) is 11.5. The highest BCUT2D eigenvalue weighted by atomic mass is 16.6. The molecule has 21 heavy (non-hydrogen) atoms. The fourth-order valence-electron chi connectivity index (χ4n) is 2.42. The molecule has 7 heteroatoms. The third-order valence-electron chi connectivity index (χ3n) is 3.56. The van der Waals surface area contributed by atoms with Crippen LogP contribution in [-0.4, -0.2) is 34.1 Å². The van der Waals surface area contributed by atoms with Gasteiger partial charge < -0.3 is 10.1 Å². The van der Waals surface area contributed by atoms with E-state index in [-0.39, 0.29) is 5.69 Å². The smallest absolute Gasteiger partial charge is 0.271 e. The van der Waals surface area contributed by atoms with Gasteiger partial charge in [-0.15, -0.1) is 0 Å². The predicted molar refractivity (Wildman–Crippen MR) is 77.3 cm³/mol. The zero-order valence-corrected chi connectivity index (χ0v) is 11.5. The second-order valence-corrected chi connectivity index (χ2v) is 5.10. The van der Waals surface area contributed by atoms with E-state index < -0.39 is 4.92 Å². The molecule has 1 saturated heterocycles. The van der Waals surface area contributed by atoms with Crippen molar-refractivity contribution >= 4 is 16.7 Å². The van der Waals surface area contributed by atoms with Crippen molar-refractivity contribution in [2.24, 2.45) is 0 Å². The lowest BCUT2D eigenvalue weighted by Crippen LogP contribution is -2.38. The lowest BCUT2D eigenvalue weighted by molar-refractivity contribution is -0.384. The molecule has 0 spiro atoms. The summed E-state index contributed by atoms with van der Waals surface area (Å²) < 4.78 is 5.66. The van der Waals surface area contributed by atoms with Gasteiger partial charge in [-0.05, 0) is 25.5 Å². The Morgan fingerprint density at radius 1 is 1.38 bits per heavy atom. The number of nitrogens with zero attached hydrogens (tertiary/aromatic N) is 3. The number of fused-ring (bicyclic) bond motifs is 1. The van der Waals surface area contributed by atoms with Gasteiger partial charge in [-0.25, -0.2) is 9.97 Å². The first-order valence-electron chi connectivity index (χ1n) is 7.00. The van der Waals surface area contributed by atoms with Gasteiger partial charge in [0.1, 0.15) is 6.61 Å². The van der Waals surface area contributed by atoms with Crippen LogP contribution in [0.5, 0.6) is 5.88 Å². The normalized spacial score (nSPS) is 18.6. The first kappa shape index (κ1) is 13.7. The number of piperidine rings is 1. The van der Waals surface area contributed by atoms with E-state index in [0.29, 0.717) is 29.6 Å². The second kappa shape index (κ2) is 6.01. The molecule has 1 fully saturated rings. The van der Waals surface area contributed by atoms with Crippen molar-refractivity contribution in [3.63, 3.8) is 0 Å². The van der Waals surface area contributed by atoms with Gasteiger partial charge in [0.25, 0.3) is 5.69 Å². The fourth-order valence-corrected chi connectivity index (χ4v) is 2.42. The summed E-state index contributed by atoms with van der Waals surface area (Å²) in [6.45, 7) is 1.59. The highest BCUT2D eigenvalue weighted by molar-refractivity contribution is 5.77. The third kappa shape index (κ3) is 3.25. The van der Waals surface area contributed by atoms with Crippen LogP contribution >= 0.6 is 0 Å². The van der Waals surface area contributed by atoms with Crippen LogP contribution < -0.4 is 10.1 Å². The third-order valence-corrected chi connectivity index (χ3v) is 3.56. The van der Waals surface area contributed by atoms with Crippen LogP contribution in [0.1, 0.15) is 19.3 Å². The van der Waals surface area contributed by atoms with Crippen molar-refractivity contribution in [1.29, 1.82) is 0 Å². The highest BCUT2D eigenvalue weighted by Crippen LogP contribution is 2.20. The first-order valence-corrected chi connectivity index (χ1v) is 7.00. The molecule has 1 atom stereocenters. The average molecular weight is 288 g/mol. The molecule has 1 aromatic carbocycles.